The molecule has 0 radical (unpaired) electrons. The molecular formula is C17H29NO2. The molecule has 0 saturated carbocycles. The van der Waals surface area contributed by atoms with Gasteiger partial charge in [0.1, 0.15) is 12.4 Å². The Morgan fingerprint density at radius 1 is 1.10 bits per heavy atom. The van der Waals surface area contributed by atoms with Gasteiger partial charge in [0, 0.05) is 18.7 Å². The molecule has 0 bridgehead atoms. The molecule has 1 atom stereocenters. The van der Waals surface area contributed by atoms with E-state index in [4.69, 9.17) is 9.47 Å². The molecule has 114 valence electrons. The van der Waals surface area contributed by atoms with Gasteiger partial charge in [0.2, 0.25) is 0 Å². The lowest BCUT2D eigenvalue weighted by molar-refractivity contribution is 0.145. The molecule has 0 aliphatic carbocycles. The number of hydrogen-bond donors (Lipinski definition) is 1. The van der Waals surface area contributed by atoms with Crippen LogP contribution in [0.2, 0.25) is 0 Å². The number of ether oxygens (including phenoxy) is 2. The Balaban J connectivity index is 2.75. The first-order valence-electron chi connectivity index (χ1n) is 7.77. The average molecular weight is 279 g/mol. The molecule has 1 rings (SSSR count). The number of benzene rings is 1. The lowest BCUT2D eigenvalue weighted by Crippen LogP contribution is -2.23. The molecule has 20 heavy (non-hydrogen) atoms. The zero-order valence-electron chi connectivity index (χ0n) is 13.2. The summed E-state index contributed by atoms with van der Waals surface area (Å²) in [6.45, 7) is 6.70. The summed E-state index contributed by atoms with van der Waals surface area (Å²) >= 11 is 0. The van der Waals surface area contributed by atoms with Crippen LogP contribution >= 0.6 is 0 Å². The minimum Gasteiger partial charge on any atom is -0.491 e. The fourth-order valence-corrected chi connectivity index (χ4v) is 2.23. The maximum Gasteiger partial charge on any atom is 0.124 e. The van der Waals surface area contributed by atoms with Crippen molar-refractivity contribution in [3.05, 3.63) is 29.8 Å². The van der Waals surface area contributed by atoms with Crippen molar-refractivity contribution in [3.63, 3.8) is 0 Å². The number of para-hydroxylation sites is 1. The standard InChI is InChI=1S/C17H29NO2/c1-4-6-10-16(18-12-5-2)15-9-7-8-11-17(15)20-14-13-19-3/h7-9,11,16,18H,4-6,10,12-14H2,1-3H3. The zero-order valence-corrected chi connectivity index (χ0v) is 13.2. The molecule has 0 fully saturated rings. The highest BCUT2D eigenvalue weighted by molar-refractivity contribution is 5.36. The van der Waals surface area contributed by atoms with Crippen LogP contribution in [0.4, 0.5) is 0 Å². The van der Waals surface area contributed by atoms with Crippen LogP contribution in [-0.4, -0.2) is 26.9 Å². The minimum absolute atomic E-state index is 0.383. The second-order valence-corrected chi connectivity index (χ2v) is 5.03. The Labute approximate surface area is 123 Å². The summed E-state index contributed by atoms with van der Waals surface area (Å²) in [6.07, 6.45) is 4.75. The molecule has 1 aromatic carbocycles. The average Bonchev–Trinajstić information content (AvgIpc) is 2.48. The SMILES string of the molecule is CCCCC(NCCC)c1ccccc1OCCOC. The van der Waals surface area contributed by atoms with Crippen molar-refractivity contribution in [2.24, 2.45) is 0 Å². The van der Waals surface area contributed by atoms with Crippen LogP contribution in [0.25, 0.3) is 0 Å². The van der Waals surface area contributed by atoms with Gasteiger partial charge in [-0.25, -0.2) is 0 Å². The molecule has 1 N–H and O–H groups in total. The largest absolute Gasteiger partial charge is 0.491 e. The van der Waals surface area contributed by atoms with Crippen molar-refractivity contribution in [2.45, 2.75) is 45.6 Å². The summed E-state index contributed by atoms with van der Waals surface area (Å²) in [7, 11) is 1.70. The van der Waals surface area contributed by atoms with Crippen molar-refractivity contribution in [3.8, 4) is 5.75 Å². The third kappa shape index (κ3) is 5.93. The van der Waals surface area contributed by atoms with Crippen molar-refractivity contribution < 1.29 is 9.47 Å². The van der Waals surface area contributed by atoms with Gasteiger partial charge in [-0.1, -0.05) is 44.9 Å². The number of hydrogen-bond acceptors (Lipinski definition) is 3. The summed E-state index contributed by atoms with van der Waals surface area (Å²) in [4.78, 5) is 0. The van der Waals surface area contributed by atoms with Gasteiger partial charge in [-0.15, -0.1) is 0 Å². The van der Waals surface area contributed by atoms with E-state index in [2.05, 4.69) is 37.4 Å². The lowest BCUT2D eigenvalue weighted by Gasteiger charge is -2.21. The van der Waals surface area contributed by atoms with E-state index >= 15 is 0 Å². The fraction of sp³-hybridized carbons (Fsp3) is 0.647. The van der Waals surface area contributed by atoms with Crippen molar-refractivity contribution in [1.82, 2.24) is 5.32 Å². The number of nitrogens with one attached hydrogen (secondary N) is 1. The molecule has 0 spiro atoms. The third-order valence-electron chi connectivity index (χ3n) is 3.33. The van der Waals surface area contributed by atoms with Crippen LogP contribution in [0.15, 0.2) is 24.3 Å². The van der Waals surface area contributed by atoms with E-state index in [1.165, 1.54) is 18.4 Å². The Bertz CT molecular complexity index is 347. The van der Waals surface area contributed by atoms with Crippen LogP contribution in [0.1, 0.15) is 51.1 Å². The van der Waals surface area contributed by atoms with E-state index in [0.29, 0.717) is 19.3 Å². The van der Waals surface area contributed by atoms with Crippen molar-refractivity contribution in [2.75, 3.05) is 26.9 Å². The highest BCUT2D eigenvalue weighted by atomic mass is 16.5. The topological polar surface area (TPSA) is 30.5 Å². The van der Waals surface area contributed by atoms with E-state index < -0.39 is 0 Å². The lowest BCUT2D eigenvalue weighted by atomic mass is 10.00. The van der Waals surface area contributed by atoms with E-state index in [0.717, 1.165) is 25.1 Å². The first kappa shape index (κ1) is 17.0. The van der Waals surface area contributed by atoms with Crippen LogP contribution in [0.3, 0.4) is 0 Å². The Hall–Kier alpha value is -1.06. The Morgan fingerprint density at radius 2 is 1.90 bits per heavy atom. The Kier molecular flexibility index (Phi) is 9.09. The molecule has 0 aliphatic rings. The molecule has 1 aromatic rings. The van der Waals surface area contributed by atoms with Crippen LogP contribution in [-0.2, 0) is 4.74 Å². The molecular weight excluding hydrogens is 250 g/mol. The van der Waals surface area contributed by atoms with Crippen LogP contribution in [0.5, 0.6) is 5.75 Å². The van der Waals surface area contributed by atoms with Gasteiger partial charge in [-0.3, -0.25) is 0 Å². The first-order valence-corrected chi connectivity index (χ1v) is 7.77. The molecule has 0 heterocycles. The molecule has 3 heteroatoms. The van der Waals surface area contributed by atoms with Crippen molar-refractivity contribution in [1.29, 1.82) is 0 Å². The predicted molar refractivity (Wildman–Crippen MR) is 84.4 cm³/mol. The van der Waals surface area contributed by atoms with Gasteiger partial charge in [0.25, 0.3) is 0 Å². The second-order valence-electron chi connectivity index (χ2n) is 5.03. The predicted octanol–water partition coefficient (Wildman–Crippen LogP) is 3.94. The van der Waals surface area contributed by atoms with Gasteiger partial charge >= 0.3 is 0 Å². The summed E-state index contributed by atoms with van der Waals surface area (Å²) in [5, 5.41) is 3.64. The minimum atomic E-state index is 0.383. The first-order chi connectivity index (χ1) is 9.83. The monoisotopic (exact) mass is 279 g/mol. The van der Waals surface area contributed by atoms with Gasteiger partial charge in [0.15, 0.2) is 0 Å². The van der Waals surface area contributed by atoms with Gasteiger partial charge < -0.3 is 14.8 Å². The molecule has 0 amide bonds. The van der Waals surface area contributed by atoms with Crippen molar-refractivity contribution >= 4 is 0 Å². The number of unbranched alkanes of at least 4 members (excludes halogenated alkanes) is 1. The smallest absolute Gasteiger partial charge is 0.124 e. The summed E-state index contributed by atoms with van der Waals surface area (Å²) in [6, 6.07) is 8.73. The highest BCUT2D eigenvalue weighted by Crippen LogP contribution is 2.28. The van der Waals surface area contributed by atoms with Crippen LogP contribution < -0.4 is 10.1 Å². The maximum absolute atomic E-state index is 5.85. The molecule has 0 aliphatic heterocycles. The Morgan fingerprint density at radius 3 is 2.60 bits per heavy atom. The third-order valence-corrected chi connectivity index (χ3v) is 3.33. The van der Waals surface area contributed by atoms with E-state index in [9.17, 15) is 0 Å². The quantitative estimate of drug-likeness (QED) is 0.622. The van der Waals surface area contributed by atoms with E-state index in [1.807, 2.05) is 6.07 Å². The zero-order chi connectivity index (χ0) is 14.6. The van der Waals surface area contributed by atoms with Gasteiger partial charge in [-0.2, -0.15) is 0 Å². The van der Waals surface area contributed by atoms with E-state index in [1.54, 1.807) is 7.11 Å². The number of rotatable bonds is 11. The molecule has 3 nitrogen and oxygen atoms in total. The normalized spacial score (nSPS) is 12.3. The van der Waals surface area contributed by atoms with Crippen LogP contribution in [0, 0.1) is 0 Å². The molecule has 1 unspecified atom stereocenters. The molecule has 0 aromatic heterocycles. The van der Waals surface area contributed by atoms with E-state index in [-0.39, 0.29) is 0 Å². The fourth-order valence-electron chi connectivity index (χ4n) is 2.23. The highest BCUT2D eigenvalue weighted by Gasteiger charge is 2.14. The number of methoxy groups -OCH3 is 1. The molecule has 0 saturated heterocycles. The van der Waals surface area contributed by atoms with Gasteiger partial charge in [-0.05, 0) is 25.5 Å². The van der Waals surface area contributed by atoms with Gasteiger partial charge in [0.05, 0.1) is 6.61 Å². The maximum atomic E-state index is 5.85. The summed E-state index contributed by atoms with van der Waals surface area (Å²) < 4.78 is 10.9. The summed E-state index contributed by atoms with van der Waals surface area (Å²) in [5.74, 6) is 0.981. The second kappa shape index (κ2) is 10.7. The summed E-state index contributed by atoms with van der Waals surface area (Å²) in [5.41, 5.74) is 1.27.